The van der Waals surface area contributed by atoms with Crippen molar-refractivity contribution in [2.75, 3.05) is 0 Å². The molecule has 0 aliphatic rings. The van der Waals surface area contributed by atoms with E-state index < -0.39 is 66.4 Å². The van der Waals surface area contributed by atoms with E-state index in [1.165, 1.54) is 0 Å². The smallest absolute Gasteiger partial charge is 0.418 e. The molecule has 0 aliphatic heterocycles. The van der Waals surface area contributed by atoms with Gasteiger partial charge in [-0.15, -0.1) is 7.77 Å². The Morgan fingerprint density at radius 1 is 0.633 bits per heavy atom. The molecule has 2 atom stereocenters. The molecular weight excluding hydrogens is 488 g/mol. The average Bonchev–Trinajstić information content (AvgIpc) is 2.27. The highest BCUT2D eigenvalue weighted by molar-refractivity contribution is 7.88. The molecule has 178 valence electrons. The molecule has 2 unspecified atom stereocenters. The third-order valence-corrected chi connectivity index (χ3v) is 5.79. The Balaban J connectivity index is 5.94. The lowest BCUT2D eigenvalue weighted by Gasteiger charge is -2.40. The average molecular weight is 502 g/mol. The molecule has 0 heterocycles. The Bertz CT molecular complexity index is 812. The summed E-state index contributed by atoms with van der Waals surface area (Å²) in [5.41, 5.74) is -5.21. The molecule has 0 aliphatic carbocycles. The van der Waals surface area contributed by atoms with Crippen molar-refractivity contribution in [1.29, 1.82) is 0 Å². The van der Waals surface area contributed by atoms with Crippen LogP contribution in [-0.2, 0) is 39.5 Å². The first-order chi connectivity index (χ1) is 12.7. The lowest BCUT2D eigenvalue weighted by atomic mass is 9.89. The largest absolute Gasteiger partial charge is 0.454 e. The molecule has 0 saturated heterocycles. The van der Waals surface area contributed by atoms with Crippen LogP contribution in [0.1, 0.15) is 27.7 Å². The van der Waals surface area contributed by atoms with E-state index in [1.54, 1.807) is 0 Å². The zero-order valence-electron chi connectivity index (χ0n) is 15.3. The highest BCUT2D eigenvalue weighted by atomic mass is 32.3. The van der Waals surface area contributed by atoms with Crippen molar-refractivity contribution in [3.63, 3.8) is 0 Å². The number of carbonyl (C=O) groups excluding carboxylic acids is 2. The third kappa shape index (κ3) is 6.92. The number of halogens is 8. The summed E-state index contributed by atoms with van der Waals surface area (Å²) in [4.78, 5) is 23.2. The third-order valence-electron chi connectivity index (χ3n) is 3.75. The second-order valence-corrected chi connectivity index (χ2v) is 9.50. The fourth-order valence-corrected chi connectivity index (χ4v) is 2.87. The minimum atomic E-state index is -6.60. The molecule has 8 nitrogen and oxygen atoms in total. The fraction of sp³-hybridized carbons (Fsp3) is 0.833. The summed E-state index contributed by atoms with van der Waals surface area (Å²) in [6.07, 6.45) is -12.0. The molecule has 18 heteroatoms. The van der Waals surface area contributed by atoms with Crippen molar-refractivity contribution in [3.8, 4) is 0 Å². The molecule has 0 bridgehead atoms. The zero-order valence-corrected chi connectivity index (χ0v) is 16.9. The second-order valence-electron chi connectivity index (χ2n) is 6.66. The Morgan fingerprint density at radius 2 is 0.833 bits per heavy atom. The molecule has 0 aromatic carbocycles. The van der Waals surface area contributed by atoms with E-state index in [4.69, 9.17) is 0 Å². The van der Waals surface area contributed by atoms with Gasteiger partial charge in [0.1, 0.15) is 11.2 Å². The van der Waals surface area contributed by atoms with Gasteiger partial charge in [-0.05, 0) is 27.7 Å². The lowest BCUT2D eigenvalue weighted by Crippen LogP contribution is -2.56. The number of hydrogen-bond acceptors (Lipinski definition) is 8. The van der Waals surface area contributed by atoms with Gasteiger partial charge in [-0.2, -0.15) is 43.2 Å². The number of esters is 2. The van der Waals surface area contributed by atoms with Crippen LogP contribution in [0.4, 0.5) is 34.1 Å². The molecule has 0 aromatic rings. The van der Waals surface area contributed by atoms with Gasteiger partial charge < -0.3 is 9.47 Å². The normalized spacial score (nSPS) is 16.5. The summed E-state index contributed by atoms with van der Waals surface area (Å²) in [7, 11) is -13.2. The summed E-state index contributed by atoms with van der Waals surface area (Å²) < 4.78 is 153. The van der Waals surface area contributed by atoms with E-state index >= 15 is 0 Å². The lowest BCUT2D eigenvalue weighted by molar-refractivity contribution is -0.214. The number of carbonyl (C=O) groups is 2. The van der Waals surface area contributed by atoms with Gasteiger partial charge in [-0.25, -0.2) is 0 Å². The van der Waals surface area contributed by atoms with E-state index in [2.05, 4.69) is 9.47 Å². The monoisotopic (exact) mass is 502 g/mol. The Hall–Kier alpha value is -1.72. The second kappa shape index (κ2) is 8.08. The zero-order chi connectivity index (χ0) is 24.7. The van der Waals surface area contributed by atoms with Crippen LogP contribution in [0.3, 0.4) is 0 Å². The first-order valence-corrected chi connectivity index (χ1v) is 10.1. The highest BCUT2D eigenvalue weighted by Gasteiger charge is 2.60. The molecule has 0 N–H and O–H groups in total. The molecule has 0 rings (SSSR count). The standard InChI is InChI=1S/C12H14F8O8S2/c1-9(2,27-7(21)5(11(13,14)15)29(19,23)24)10(3,4)28-8(22)6(12(16,17)18)30(20,25)26/h5-6H,1-4H3. The quantitative estimate of drug-likeness (QED) is 0.295. The molecule has 0 amide bonds. The van der Waals surface area contributed by atoms with Crippen LogP contribution in [0.5, 0.6) is 0 Å². The van der Waals surface area contributed by atoms with Crippen LogP contribution in [0.25, 0.3) is 0 Å². The summed E-state index contributed by atoms with van der Waals surface area (Å²) in [5, 5.41) is -8.66. The first kappa shape index (κ1) is 28.3. The molecule has 0 spiro atoms. The number of alkyl halides is 6. The van der Waals surface area contributed by atoms with Gasteiger partial charge in [-0.3, -0.25) is 9.59 Å². The van der Waals surface area contributed by atoms with E-state index in [0.717, 1.165) is 0 Å². The van der Waals surface area contributed by atoms with Crippen molar-refractivity contribution >= 4 is 32.4 Å². The Morgan fingerprint density at radius 3 is 0.967 bits per heavy atom. The predicted molar refractivity (Wildman–Crippen MR) is 80.1 cm³/mol. The van der Waals surface area contributed by atoms with Crippen LogP contribution < -0.4 is 0 Å². The van der Waals surface area contributed by atoms with Crippen LogP contribution in [0.15, 0.2) is 0 Å². The van der Waals surface area contributed by atoms with Crippen molar-refractivity contribution in [3.05, 3.63) is 0 Å². The summed E-state index contributed by atoms with van der Waals surface area (Å²) in [5.74, 6) is -5.52. The molecule has 0 aromatic heterocycles. The van der Waals surface area contributed by atoms with Gasteiger partial charge >= 0.3 is 44.7 Å². The van der Waals surface area contributed by atoms with E-state index in [1.807, 2.05) is 0 Å². The predicted octanol–water partition coefficient (Wildman–Crippen LogP) is 2.09. The van der Waals surface area contributed by atoms with E-state index in [0.29, 0.717) is 27.7 Å². The van der Waals surface area contributed by atoms with E-state index in [-0.39, 0.29) is 0 Å². The topological polar surface area (TPSA) is 121 Å². The van der Waals surface area contributed by atoms with Gasteiger partial charge in [0.2, 0.25) is 0 Å². The fourth-order valence-electron chi connectivity index (χ4n) is 1.67. The number of rotatable bonds is 7. The molecule has 30 heavy (non-hydrogen) atoms. The number of ether oxygens (including phenoxy) is 2. The maximum Gasteiger partial charge on any atom is 0.418 e. The van der Waals surface area contributed by atoms with Crippen molar-refractivity contribution in [1.82, 2.24) is 0 Å². The van der Waals surface area contributed by atoms with Crippen molar-refractivity contribution in [2.45, 2.75) is 61.7 Å². The molecule has 0 radical (unpaired) electrons. The van der Waals surface area contributed by atoms with Gasteiger partial charge in [0, 0.05) is 0 Å². The molecule has 0 saturated carbocycles. The summed E-state index contributed by atoms with van der Waals surface area (Å²) in [6.45, 7) is 2.46. The minimum absolute atomic E-state index is 0.614. The van der Waals surface area contributed by atoms with Crippen molar-refractivity contribution in [2.24, 2.45) is 0 Å². The van der Waals surface area contributed by atoms with Gasteiger partial charge in [0.05, 0.1) is 0 Å². The Labute approximate surface area is 164 Å². The van der Waals surface area contributed by atoms with Crippen molar-refractivity contribution < 1.29 is 70.0 Å². The number of hydrogen-bond donors (Lipinski definition) is 0. The SMILES string of the molecule is CC(C)(OC(=O)C(C(F)(F)F)S(=O)(=O)F)C(C)(C)OC(=O)C(C(F)(F)F)S(=O)(=O)F. The Kier molecular flexibility index (Phi) is 7.62. The summed E-state index contributed by atoms with van der Waals surface area (Å²) in [6, 6.07) is 0. The molecule has 0 fully saturated rings. The minimum Gasteiger partial charge on any atom is -0.454 e. The van der Waals surface area contributed by atoms with Crippen LogP contribution in [-0.4, -0.2) is 62.8 Å². The molecular formula is C12H14F8O8S2. The van der Waals surface area contributed by atoms with Gasteiger partial charge in [0.15, 0.2) is 0 Å². The summed E-state index contributed by atoms with van der Waals surface area (Å²) >= 11 is 0. The van der Waals surface area contributed by atoms with Crippen LogP contribution in [0, 0.1) is 0 Å². The maximum atomic E-state index is 12.9. The van der Waals surface area contributed by atoms with Crippen LogP contribution >= 0.6 is 0 Å². The van der Waals surface area contributed by atoms with Gasteiger partial charge in [-0.1, -0.05) is 0 Å². The van der Waals surface area contributed by atoms with Gasteiger partial charge in [0.25, 0.3) is 10.5 Å². The first-order valence-electron chi connectivity index (χ1n) is 7.21. The maximum absolute atomic E-state index is 12.9. The van der Waals surface area contributed by atoms with Crippen LogP contribution in [0.2, 0.25) is 0 Å². The van der Waals surface area contributed by atoms with E-state index in [9.17, 15) is 60.5 Å². The highest BCUT2D eigenvalue weighted by Crippen LogP contribution is 2.36.